The van der Waals surface area contributed by atoms with E-state index in [9.17, 15) is 8.42 Å². The van der Waals surface area contributed by atoms with Crippen molar-refractivity contribution in [2.45, 2.75) is 13.8 Å². The third kappa shape index (κ3) is 3.16. The van der Waals surface area contributed by atoms with Crippen molar-refractivity contribution in [3.8, 4) is 5.75 Å². The van der Waals surface area contributed by atoms with Crippen LogP contribution in [0.25, 0.3) is 0 Å². The molecule has 1 aliphatic heterocycles. The summed E-state index contributed by atoms with van der Waals surface area (Å²) < 4.78 is 33.3. The Morgan fingerprint density at radius 3 is 2.35 bits per heavy atom. The lowest BCUT2D eigenvalue weighted by Gasteiger charge is -2.16. The summed E-state index contributed by atoms with van der Waals surface area (Å²) in [5, 5.41) is 0. The van der Waals surface area contributed by atoms with E-state index in [-0.39, 0.29) is 0 Å². The Hall–Kier alpha value is -0.630. The van der Waals surface area contributed by atoms with Gasteiger partial charge >= 0.3 is 0 Å². The van der Waals surface area contributed by atoms with E-state index in [1.54, 1.807) is 7.05 Å². The van der Waals surface area contributed by atoms with Crippen molar-refractivity contribution in [3.63, 3.8) is 0 Å². The molecule has 1 fully saturated rings. The zero-order valence-corrected chi connectivity index (χ0v) is 14.3. The Morgan fingerprint density at radius 1 is 1.25 bits per heavy atom. The first-order valence-electron chi connectivity index (χ1n) is 6.43. The van der Waals surface area contributed by atoms with Crippen molar-refractivity contribution in [1.82, 2.24) is 8.61 Å². The van der Waals surface area contributed by atoms with Crippen LogP contribution in [0.2, 0.25) is 0 Å². The molecule has 1 heterocycles. The molecule has 0 N–H and O–H groups in total. The van der Waals surface area contributed by atoms with Crippen LogP contribution in [0, 0.1) is 13.8 Å². The topological polar surface area (TPSA) is 49.9 Å². The standard InChI is InChI=1S/C13H19BrN2O3S/c1-10-8-12(9-11(2)13(10)14)19-7-6-16-5-4-15(3)20(16,17)18/h8-9H,4-7H2,1-3H3. The van der Waals surface area contributed by atoms with Crippen molar-refractivity contribution in [2.24, 2.45) is 0 Å². The van der Waals surface area contributed by atoms with Crippen LogP contribution in [-0.2, 0) is 10.2 Å². The molecule has 0 bridgehead atoms. The molecule has 0 spiro atoms. The predicted molar refractivity (Wildman–Crippen MR) is 82.2 cm³/mol. The van der Waals surface area contributed by atoms with Crippen LogP contribution in [0.15, 0.2) is 16.6 Å². The fraction of sp³-hybridized carbons (Fsp3) is 0.538. The summed E-state index contributed by atoms with van der Waals surface area (Å²) >= 11 is 3.51. The molecule has 5 nitrogen and oxygen atoms in total. The van der Waals surface area contributed by atoms with Crippen molar-refractivity contribution >= 4 is 26.1 Å². The zero-order valence-electron chi connectivity index (χ0n) is 11.9. The molecule has 0 aliphatic carbocycles. The number of ether oxygens (including phenoxy) is 1. The second-order valence-corrected chi connectivity index (χ2v) is 7.78. The molecular weight excluding hydrogens is 344 g/mol. The maximum absolute atomic E-state index is 11.9. The maximum atomic E-state index is 11.9. The van der Waals surface area contributed by atoms with Crippen LogP contribution < -0.4 is 4.74 Å². The number of halogens is 1. The average Bonchev–Trinajstić information content (AvgIpc) is 2.62. The number of hydrogen-bond donors (Lipinski definition) is 0. The molecule has 0 unspecified atom stereocenters. The van der Waals surface area contributed by atoms with E-state index in [1.807, 2.05) is 26.0 Å². The van der Waals surface area contributed by atoms with E-state index in [1.165, 1.54) is 8.61 Å². The van der Waals surface area contributed by atoms with Crippen LogP contribution in [-0.4, -0.2) is 50.3 Å². The Bertz CT molecular complexity index is 581. The van der Waals surface area contributed by atoms with Gasteiger partial charge in [0.05, 0.1) is 0 Å². The average molecular weight is 363 g/mol. The third-order valence-corrected chi connectivity index (χ3v) is 6.64. The first-order valence-corrected chi connectivity index (χ1v) is 8.62. The monoisotopic (exact) mass is 362 g/mol. The Kier molecular flexibility index (Phi) is 4.73. The van der Waals surface area contributed by atoms with Gasteiger partial charge in [0.1, 0.15) is 12.4 Å². The van der Waals surface area contributed by atoms with Gasteiger partial charge in [-0.05, 0) is 37.1 Å². The highest BCUT2D eigenvalue weighted by atomic mass is 79.9. The van der Waals surface area contributed by atoms with Crippen molar-refractivity contribution in [2.75, 3.05) is 33.3 Å². The number of likely N-dealkylation sites (N-methyl/N-ethyl adjacent to an activating group) is 1. The summed E-state index contributed by atoms with van der Waals surface area (Å²) in [4.78, 5) is 0. The minimum absolute atomic E-state index is 0.355. The van der Waals surface area contributed by atoms with Crippen molar-refractivity contribution < 1.29 is 13.2 Å². The van der Waals surface area contributed by atoms with E-state index in [4.69, 9.17) is 4.74 Å². The number of nitrogens with zero attached hydrogens (tertiary/aromatic N) is 2. The molecule has 112 valence electrons. The number of benzene rings is 1. The molecule has 1 aromatic carbocycles. The van der Waals surface area contributed by atoms with Crippen molar-refractivity contribution in [1.29, 1.82) is 0 Å². The highest BCUT2D eigenvalue weighted by molar-refractivity contribution is 9.10. The molecule has 0 saturated carbocycles. The van der Waals surface area contributed by atoms with E-state index in [2.05, 4.69) is 15.9 Å². The SMILES string of the molecule is Cc1cc(OCCN2CCN(C)S2(=O)=O)cc(C)c1Br. The Morgan fingerprint density at radius 2 is 1.85 bits per heavy atom. The molecule has 1 aromatic rings. The van der Waals surface area contributed by atoms with Crippen LogP contribution in [0.4, 0.5) is 0 Å². The summed E-state index contributed by atoms with van der Waals surface area (Å²) in [5.74, 6) is 0.771. The van der Waals surface area contributed by atoms with E-state index >= 15 is 0 Å². The second-order valence-electron chi connectivity index (χ2n) is 4.95. The molecule has 0 amide bonds. The van der Waals surface area contributed by atoms with Crippen LogP contribution in [0.1, 0.15) is 11.1 Å². The molecular formula is C13H19BrN2O3S. The summed E-state index contributed by atoms with van der Waals surface area (Å²) in [6.07, 6.45) is 0. The largest absolute Gasteiger partial charge is 0.492 e. The summed E-state index contributed by atoms with van der Waals surface area (Å²) in [6.45, 7) is 5.81. The highest BCUT2D eigenvalue weighted by Crippen LogP contribution is 2.26. The van der Waals surface area contributed by atoms with Gasteiger partial charge in [-0.15, -0.1) is 0 Å². The molecule has 20 heavy (non-hydrogen) atoms. The second kappa shape index (κ2) is 6.01. The minimum Gasteiger partial charge on any atom is -0.492 e. The summed E-state index contributed by atoms with van der Waals surface area (Å²) in [5.41, 5.74) is 2.21. The van der Waals surface area contributed by atoms with Gasteiger partial charge in [0.25, 0.3) is 10.2 Å². The van der Waals surface area contributed by atoms with Gasteiger partial charge in [0.2, 0.25) is 0 Å². The van der Waals surface area contributed by atoms with E-state index in [0.29, 0.717) is 26.2 Å². The van der Waals surface area contributed by atoms with Gasteiger partial charge in [0, 0.05) is 31.2 Å². The van der Waals surface area contributed by atoms with Gasteiger partial charge in [0.15, 0.2) is 0 Å². The quantitative estimate of drug-likeness (QED) is 0.822. The van der Waals surface area contributed by atoms with Crippen LogP contribution >= 0.6 is 15.9 Å². The Labute approximate surface area is 128 Å². The number of rotatable bonds is 4. The molecule has 0 atom stereocenters. The molecule has 2 rings (SSSR count). The van der Waals surface area contributed by atoms with Crippen molar-refractivity contribution in [3.05, 3.63) is 27.7 Å². The lowest BCUT2D eigenvalue weighted by molar-refractivity contribution is 0.280. The smallest absolute Gasteiger partial charge is 0.281 e. The molecule has 7 heteroatoms. The molecule has 0 aromatic heterocycles. The zero-order chi connectivity index (χ0) is 14.9. The van der Waals surface area contributed by atoms with Crippen LogP contribution in [0.3, 0.4) is 0 Å². The molecule has 0 radical (unpaired) electrons. The van der Waals surface area contributed by atoms with Gasteiger partial charge < -0.3 is 4.74 Å². The van der Waals surface area contributed by atoms with Crippen LogP contribution in [0.5, 0.6) is 5.75 Å². The van der Waals surface area contributed by atoms with E-state index < -0.39 is 10.2 Å². The van der Waals surface area contributed by atoms with Gasteiger partial charge in [-0.3, -0.25) is 0 Å². The maximum Gasteiger partial charge on any atom is 0.281 e. The molecule has 1 aliphatic rings. The number of aryl methyl sites for hydroxylation is 2. The van der Waals surface area contributed by atoms with Gasteiger partial charge in [-0.25, -0.2) is 0 Å². The fourth-order valence-electron chi connectivity index (χ4n) is 2.16. The summed E-state index contributed by atoms with van der Waals surface area (Å²) in [6, 6.07) is 3.89. The number of hydrogen-bond acceptors (Lipinski definition) is 3. The Balaban J connectivity index is 1.94. The lowest BCUT2D eigenvalue weighted by Crippen LogP contribution is -2.33. The summed E-state index contributed by atoms with van der Waals surface area (Å²) in [7, 11) is -1.67. The van der Waals surface area contributed by atoms with E-state index in [0.717, 1.165) is 21.3 Å². The third-order valence-electron chi connectivity index (χ3n) is 3.40. The first kappa shape index (κ1) is 15.8. The van der Waals surface area contributed by atoms with Gasteiger partial charge in [-0.1, -0.05) is 15.9 Å². The highest BCUT2D eigenvalue weighted by Gasteiger charge is 2.33. The normalized spacial score (nSPS) is 19.4. The van der Waals surface area contributed by atoms with Gasteiger partial charge in [-0.2, -0.15) is 17.0 Å². The minimum atomic E-state index is -3.26. The fourth-order valence-corrected chi connectivity index (χ4v) is 3.72. The lowest BCUT2D eigenvalue weighted by atomic mass is 10.1. The first-order chi connectivity index (χ1) is 9.32. The molecule has 1 saturated heterocycles. The predicted octanol–water partition coefficient (Wildman–Crippen LogP) is 1.94.